The molecule has 0 heterocycles. The van der Waals surface area contributed by atoms with Gasteiger partial charge in [-0.05, 0) is 64.8 Å². The molecule has 31 heavy (non-hydrogen) atoms. The van der Waals surface area contributed by atoms with Crippen LogP contribution in [0.25, 0.3) is 11.1 Å². The van der Waals surface area contributed by atoms with Crippen LogP contribution in [0.2, 0.25) is 0 Å². The number of alkyl halides is 3. The van der Waals surface area contributed by atoms with Crippen LogP contribution >= 0.6 is 0 Å². The van der Waals surface area contributed by atoms with Crippen molar-refractivity contribution in [1.82, 2.24) is 0 Å². The summed E-state index contributed by atoms with van der Waals surface area (Å²) in [6.45, 7) is -0.492. The molecule has 0 aliphatic carbocycles. The second-order valence-electron chi connectivity index (χ2n) is 6.51. The lowest BCUT2D eigenvalue weighted by atomic mass is 9.97. The molecule has 0 radical (unpaired) electrons. The van der Waals surface area contributed by atoms with Gasteiger partial charge in [0.15, 0.2) is 4.90 Å². The number of amides is 1. The van der Waals surface area contributed by atoms with Gasteiger partial charge in [0, 0.05) is 16.8 Å². The average molecular weight is 449 g/mol. The Hall–Kier alpha value is -3.01. The van der Waals surface area contributed by atoms with Gasteiger partial charge in [0.1, 0.15) is 12.0 Å². The number of aliphatic hydroxyl groups excluding tert-OH is 1. The molecule has 0 aliphatic rings. The van der Waals surface area contributed by atoms with Gasteiger partial charge >= 0.3 is 6.36 Å². The van der Waals surface area contributed by atoms with Crippen LogP contribution < -0.4 is 10.1 Å². The van der Waals surface area contributed by atoms with E-state index in [9.17, 15) is 27.6 Å². The first kappa shape index (κ1) is 22.7. The highest BCUT2D eigenvalue weighted by Crippen LogP contribution is 2.36. The van der Waals surface area contributed by atoms with Crippen molar-refractivity contribution in [3.63, 3.8) is 0 Å². The maximum absolute atomic E-state index is 12.7. The summed E-state index contributed by atoms with van der Waals surface area (Å²) in [7, 11) is 0. The lowest BCUT2D eigenvalue weighted by molar-refractivity contribution is -0.274. The second kappa shape index (κ2) is 9.42. The van der Waals surface area contributed by atoms with E-state index in [4.69, 9.17) is 0 Å². The van der Waals surface area contributed by atoms with Crippen molar-refractivity contribution in [2.24, 2.45) is 0 Å². The van der Waals surface area contributed by atoms with E-state index >= 15 is 0 Å². The van der Waals surface area contributed by atoms with Gasteiger partial charge in [0.2, 0.25) is 0 Å². The zero-order chi connectivity index (χ0) is 22.6. The van der Waals surface area contributed by atoms with Crippen LogP contribution in [-0.4, -0.2) is 28.2 Å². The summed E-state index contributed by atoms with van der Waals surface area (Å²) in [5.74, 6) is -0.873. The molecule has 5 nitrogen and oxygen atoms in total. The predicted octanol–water partition coefficient (Wildman–Crippen LogP) is 4.73. The Morgan fingerprint density at radius 2 is 1.74 bits per heavy atom. The number of ether oxygens (including phenoxy) is 1. The fraction of sp³-hybridized carbons (Fsp3) is 0.136. The number of hydrogen-bond donors (Lipinski definition) is 2. The van der Waals surface area contributed by atoms with E-state index in [2.05, 4.69) is 10.1 Å². The second-order valence-corrected chi connectivity index (χ2v) is 7.89. The molecule has 1 unspecified atom stereocenters. The zero-order valence-corrected chi connectivity index (χ0v) is 17.1. The topological polar surface area (TPSA) is 81.6 Å². The van der Waals surface area contributed by atoms with Crippen molar-refractivity contribution in [3.05, 3.63) is 77.9 Å². The average Bonchev–Trinajstić information content (AvgIpc) is 2.73. The van der Waals surface area contributed by atoms with Crippen LogP contribution in [0.3, 0.4) is 0 Å². The van der Waals surface area contributed by atoms with Crippen LogP contribution in [0, 0.1) is 0 Å². The van der Waals surface area contributed by atoms with Gasteiger partial charge in [0.05, 0.1) is 6.61 Å². The lowest BCUT2D eigenvalue weighted by Crippen LogP contribution is -2.17. The fourth-order valence-electron chi connectivity index (χ4n) is 2.96. The minimum Gasteiger partial charge on any atom is -0.612 e. The molecule has 0 spiro atoms. The third kappa shape index (κ3) is 5.78. The van der Waals surface area contributed by atoms with Gasteiger partial charge in [-0.1, -0.05) is 24.3 Å². The standard InChI is InChI=1S/C22H18F3NO4S/c1-31(29)17-9-7-16(8-10-17)26-21(28)14-6-11-18(15(12-14)13-27)19-4-2-3-5-20(19)30-22(23,24)25/h2-12,27H,13H2,1H3,(H,26,28). The van der Waals surface area contributed by atoms with Crippen LogP contribution in [0.1, 0.15) is 15.9 Å². The SMILES string of the molecule is C[S+]([O-])c1ccc(NC(=O)c2ccc(-c3ccccc3OC(F)(F)F)c(CO)c2)cc1. The summed E-state index contributed by atoms with van der Waals surface area (Å²) in [6, 6.07) is 16.4. The first-order valence-corrected chi connectivity index (χ1v) is 10.6. The summed E-state index contributed by atoms with van der Waals surface area (Å²) in [6.07, 6.45) is -3.32. The minimum absolute atomic E-state index is 0.138. The third-order valence-electron chi connectivity index (χ3n) is 4.38. The summed E-state index contributed by atoms with van der Waals surface area (Å²) in [5.41, 5.74) is 1.41. The highest BCUT2D eigenvalue weighted by molar-refractivity contribution is 7.90. The Labute approximate surface area is 179 Å². The lowest BCUT2D eigenvalue weighted by Gasteiger charge is -2.16. The summed E-state index contributed by atoms with van der Waals surface area (Å²) < 4.78 is 53.7. The van der Waals surface area contributed by atoms with Gasteiger partial charge in [-0.25, -0.2) is 0 Å². The van der Waals surface area contributed by atoms with Crippen LogP contribution in [0.15, 0.2) is 71.6 Å². The molecule has 0 aromatic heterocycles. The maximum atomic E-state index is 12.7. The molecule has 0 saturated carbocycles. The molecule has 9 heteroatoms. The van der Waals surface area contributed by atoms with Crippen LogP contribution in [0.4, 0.5) is 18.9 Å². The Balaban J connectivity index is 1.87. The smallest absolute Gasteiger partial charge is 0.573 e. The number of para-hydroxylation sites is 1. The number of halogens is 3. The van der Waals surface area contributed by atoms with Crippen molar-refractivity contribution in [3.8, 4) is 16.9 Å². The van der Waals surface area contributed by atoms with Crippen molar-refractivity contribution in [1.29, 1.82) is 0 Å². The number of rotatable bonds is 6. The summed E-state index contributed by atoms with van der Waals surface area (Å²) in [4.78, 5) is 13.2. The van der Waals surface area contributed by atoms with Gasteiger partial charge < -0.3 is 19.7 Å². The molecular formula is C22H18F3NO4S. The normalized spacial score (nSPS) is 12.3. The first-order chi connectivity index (χ1) is 14.7. The number of carbonyl (C=O) groups is 1. The molecule has 3 aromatic rings. The molecule has 0 bridgehead atoms. The molecule has 3 rings (SSSR count). The molecule has 3 aromatic carbocycles. The highest BCUT2D eigenvalue weighted by atomic mass is 32.2. The molecule has 2 N–H and O–H groups in total. The molecule has 0 fully saturated rings. The number of anilines is 1. The molecule has 0 aliphatic heterocycles. The summed E-state index contributed by atoms with van der Waals surface area (Å²) in [5, 5.41) is 12.4. The Morgan fingerprint density at radius 3 is 2.35 bits per heavy atom. The monoisotopic (exact) mass is 449 g/mol. The first-order valence-electron chi connectivity index (χ1n) is 9.01. The van der Waals surface area contributed by atoms with E-state index in [-0.39, 0.29) is 16.7 Å². The minimum atomic E-state index is -4.87. The number of aliphatic hydroxyl groups is 1. The molecule has 162 valence electrons. The van der Waals surface area contributed by atoms with Gasteiger partial charge in [-0.15, -0.1) is 13.2 Å². The van der Waals surface area contributed by atoms with E-state index in [1.165, 1.54) is 36.4 Å². The van der Waals surface area contributed by atoms with Gasteiger partial charge in [0.25, 0.3) is 5.91 Å². The largest absolute Gasteiger partial charge is 0.612 e. The Morgan fingerprint density at radius 1 is 1.06 bits per heavy atom. The maximum Gasteiger partial charge on any atom is 0.573 e. The molecule has 0 saturated heterocycles. The third-order valence-corrected chi connectivity index (χ3v) is 5.32. The van der Waals surface area contributed by atoms with Crippen molar-refractivity contribution in [2.75, 3.05) is 11.6 Å². The van der Waals surface area contributed by atoms with E-state index < -0.39 is 35.8 Å². The number of carbonyl (C=O) groups excluding carboxylic acids is 1. The highest BCUT2D eigenvalue weighted by Gasteiger charge is 2.32. The number of benzene rings is 3. The van der Waals surface area contributed by atoms with E-state index in [0.29, 0.717) is 16.1 Å². The molecule has 1 amide bonds. The van der Waals surface area contributed by atoms with Gasteiger partial charge in [-0.2, -0.15) is 0 Å². The van der Waals surface area contributed by atoms with E-state index in [0.717, 1.165) is 0 Å². The molecule has 1 atom stereocenters. The van der Waals surface area contributed by atoms with Crippen LogP contribution in [-0.2, 0) is 17.8 Å². The summed E-state index contributed by atoms with van der Waals surface area (Å²) >= 11 is -1.14. The van der Waals surface area contributed by atoms with E-state index in [1.54, 1.807) is 36.6 Å². The Bertz CT molecular complexity index is 1070. The quantitative estimate of drug-likeness (QED) is 0.533. The van der Waals surface area contributed by atoms with Crippen molar-refractivity contribution in [2.45, 2.75) is 17.9 Å². The van der Waals surface area contributed by atoms with Crippen LogP contribution in [0.5, 0.6) is 5.75 Å². The van der Waals surface area contributed by atoms with Crippen molar-refractivity contribution >= 4 is 22.8 Å². The van der Waals surface area contributed by atoms with E-state index in [1.807, 2.05) is 0 Å². The molecular weight excluding hydrogens is 431 g/mol. The fourth-order valence-corrected chi connectivity index (χ4v) is 3.48. The zero-order valence-electron chi connectivity index (χ0n) is 16.3. The van der Waals surface area contributed by atoms with Gasteiger partial charge in [-0.3, -0.25) is 4.79 Å². The van der Waals surface area contributed by atoms with Crippen molar-refractivity contribution < 1.29 is 32.4 Å². The number of hydrogen-bond acceptors (Lipinski definition) is 4. The number of nitrogens with one attached hydrogen (secondary N) is 1. The predicted molar refractivity (Wildman–Crippen MR) is 111 cm³/mol. The Kier molecular flexibility index (Phi) is 6.89.